The number of hydrogen-bond donors (Lipinski definition) is 2. The van der Waals surface area contributed by atoms with Crippen LogP contribution < -0.4 is 15.4 Å². The summed E-state index contributed by atoms with van der Waals surface area (Å²) < 4.78 is 12.7. The number of esters is 1. The Morgan fingerprint density at radius 1 is 0.857 bits per heavy atom. The van der Waals surface area contributed by atoms with Gasteiger partial charge in [0.1, 0.15) is 11.5 Å². The van der Waals surface area contributed by atoms with Gasteiger partial charge in [-0.25, -0.2) is 4.79 Å². The van der Waals surface area contributed by atoms with Gasteiger partial charge in [-0.15, -0.1) is 0 Å². The highest BCUT2D eigenvalue weighted by Gasteiger charge is 2.53. The van der Waals surface area contributed by atoms with Crippen molar-refractivity contribution in [1.82, 2.24) is 0 Å². The van der Waals surface area contributed by atoms with Gasteiger partial charge in [0.05, 0.1) is 16.3 Å². The zero-order valence-corrected chi connectivity index (χ0v) is 20.1. The third kappa shape index (κ3) is 3.27. The summed E-state index contributed by atoms with van der Waals surface area (Å²) in [7, 11) is 0. The van der Waals surface area contributed by atoms with Crippen molar-refractivity contribution < 1.29 is 14.3 Å². The standard InChI is InChI=1S/C29H23ClN2O3/c1-3-31-25-16-27-21(14-17(25)2)29(20-9-5-4-8-19(20)28(33)35-29)22-15-18(12-13-26(22)34-27)32-24-11-7-6-10-23(24)30/h4-16,31-32H,3H2,1-2H3. The van der Waals surface area contributed by atoms with E-state index < -0.39 is 5.60 Å². The van der Waals surface area contributed by atoms with Gasteiger partial charge in [0.2, 0.25) is 0 Å². The lowest BCUT2D eigenvalue weighted by molar-refractivity contribution is 0.0224. The molecular formula is C29H23ClN2O3. The Hall–Kier alpha value is -3.96. The number of para-hydroxylation sites is 1. The predicted molar refractivity (Wildman–Crippen MR) is 138 cm³/mol. The quantitative estimate of drug-likeness (QED) is 0.297. The molecule has 0 radical (unpaired) electrons. The van der Waals surface area contributed by atoms with Crippen molar-refractivity contribution >= 4 is 34.6 Å². The molecule has 0 aliphatic carbocycles. The zero-order valence-electron chi connectivity index (χ0n) is 19.3. The van der Waals surface area contributed by atoms with E-state index in [4.69, 9.17) is 21.1 Å². The maximum atomic E-state index is 13.1. The van der Waals surface area contributed by atoms with E-state index in [1.807, 2.05) is 79.7 Å². The number of aryl methyl sites for hydroxylation is 1. The molecule has 0 bridgehead atoms. The topological polar surface area (TPSA) is 59.6 Å². The van der Waals surface area contributed by atoms with E-state index in [1.165, 1.54) is 0 Å². The smallest absolute Gasteiger partial charge is 0.340 e. The lowest BCUT2D eigenvalue weighted by Gasteiger charge is -2.37. The Kier molecular flexibility index (Phi) is 4.97. The second kappa shape index (κ2) is 8.07. The summed E-state index contributed by atoms with van der Waals surface area (Å²) in [5.74, 6) is 0.950. The van der Waals surface area contributed by atoms with Crippen LogP contribution in [0.2, 0.25) is 5.02 Å². The van der Waals surface area contributed by atoms with Crippen molar-refractivity contribution in [1.29, 1.82) is 0 Å². The van der Waals surface area contributed by atoms with Crippen molar-refractivity contribution in [3.63, 3.8) is 0 Å². The van der Waals surface area contributed by atoms with Crippen LogP contribution in [0.3, 0.4) is 0 Å². The molecule has 1 unspecified atom stereocenters. The van der Waals surface area contributed by atoms with E-state index in [-0.39, 0.29) is 5.97 Å². The van der Waals surface area contributed by atoms with Gasteiger partial charge in [-0.05, 0) is 61.9 Å². The predicted octanol–water partition coefficient (Wildman–Crippen LogP) is 7.39. The number of anilines is 3. The normalized spacial score (nSPS) is 17.2. The molecule has 0 aromatic heterocycles. The summed E-state index contributed by atoms with van der Waals surface area (Å²) in [4.78, 5) is 13.1. The van der Waals surface area contributed by atoms with Crippen molar-refractivity contribution in [2.75, 3.05) is 17.2 Å². The number of nitrogens with one attached hydrogen (secondary N) is 2. The van der Waals surface area contributed by atoms with Crippen molar-refractivity contribution in [3.05, 3.63) is 112 Å². The van der Waals surface area contributed by atoms with Crippen LogP contribution >= 0.6 is 11.6 Å². The first-order chi connectivity index (χ1) is 17.0. The highest BCUT2D eigenvalue weighted by Crippen LogP contribution is 2.57. The molecule has 2 N–H and O–H groups in total. The van der Waals surface area contributed by atoms with Gasteiger partial charge in [0.15, 0.2) is 5.60 Å². The van der Waals surface area contributed by atoms with Crippen molar-refractivity contribution in [2.45, 2.75) is 19.4 Å². The van der Waals surface area contributed by atoms with Crippen LogP contribution in [0, 0.1) is 6.92 Å². The minimum absolute atomic E-state index is 0.350. The number of halogens is 1. The first-order valence-electron chi connectivity index (χ1n) is 11.6. The molecule has 174 valence electrons. The number of hydrogen-bond acceptors (Lipinski definition) is 5. The number of carbonyl (C=O) groups excluding carboxylic acids is 1. The number of fused-ring (bicyclic) bond motifs is 6. The molecule has 2 aliphatic heterocycles. The monoisotopic (exact) mass is 482 g/mol. The molecule has 2 heterocycles. The summed E-state index contributed by atoms with van der Waals surface area (Å²) in [6.45, 7) is 4.88. The largest absolute Gasteiger partial charge is 0.456 e. The van der Waals surface area contributed by atoms with E-state index in [0.717, 1.165) is 45.9 Å². The third-order valence-electron chi connectivity index (χ3n) is 6.58. The highest BCUT2D eigenvalue weighted by atomic mass is 35.5. The van der Waals surface area contributed by atoms with Gasteiger partial charge in [-0.1, -0.05) is 41.9 Å². The average molecular weight is 483 g/mol. The minimum Gasteiger partial charge on any atom is -0.456 e. The number of ether oxygens (including phenoxy) is 2. The molecule has 5 nitrogen and oxygen atoms in total. The second-order valence-corrected chi connectivity index (χ2v) is 9.13. The minimum atomic E-state index is -1.12. The summed E-state index contributed by atoms with van der Waals surface area (Å²) in [5, 5.41) is 7.39. The van der Waals surface area contributed by atoms with Crippen LogP contribution in [-0.4, -0.2) is 12.5 Å². The van der Waals surface area contributed by atoms with Crippen LogP contribution in [0.25, 0.3) is 0 Å². The fraction of sp³-hybridized carbons (Fsp3) is 0.138. The fourth-order valence-electron chi connectivity index (χ4n) is 5.00. The third-order valence-corrected chi connectivity index (χ3v) is 6.91. The Balaban J connectivity index is 1.58. The van der Waals surface area contributed by atoms with Crippen LogP contribution in [0.15, 0.2) is 78.9 Å². The molecule has 6 heteroatoms. The highest BCUT2D eigenvalue weighted by molar-refractivity contribution is 6.33. The van der Waals surface area contributed by atoms with Gasteiger partial charge in [-0.3, -0.25) is 0 Å². The zero-order chi connectivity index (χ0) is 24.2. The summed E-state index contributed by atoms with van der Waals surface area (Å²) >= 11 is 6.39. The number of benzene rings is 4. The molecule has 6 rings (SSSR count). The maximum absolute atomic E-state index is 13.1. The second-order valence-electron chi connectivity index (χ2n) is 8.73. The van der Waals surface area contributed by atoms with E-state index in [0.29, 0.717) is 22.1 Å². The SMILES string of the molecule is CCNc1cc2c(cc1C)C1(OC(=O)c3ccccc31)c1cc(Nc3ccccc3Cl)ccc1O2. The van der Waals surface area contributed by atoms with Gasteiger partial charge in [0.25, 0.3) is 0 Å². The van der Waals surface area contributed by atoms with Crippen LogP contribution in [-0.2, 0) is 10.3 Å². The molecule has 4 aromatic rings. The average Bonchev–Trinajstić information content (AvgIpc) is 3.16. The van der Waals surface area contributed by atoms with Gasteiger partial charge in [0, 0.05) is 40.7 Å². The van der Waals surface area contributed by atoms with Crippen molar-refractivity contribution in [3.8, 4) is 11.5 Å². The Bertz CT molecular complexity index is 1500. The first kappa shape index (κ1) is 21.6. The van der Waals surface area contributed by atoms with E-state index in [2.05, 4.69) is 23.6 Å². The van der Waals surface area contributed by atoms with Crippen molar-refractivity contribution in [2.24, 2.45) is 0 Å². The van der Waals surface area contributed by atoms with Gasteiger partial charge < -0.3 is 20.1 Å². The lowest BCUT2D eigenvalue weighted by Crippen LogP contribution is -2.33. The molecule has 0 saturated heterocycles. The van der Waals surface area contributed by atoms with Gasteiger partial charge >= 0.3 is 5.97 Å². The summed E-state index contributed by atoms with van der Waals surface area (Å²) in [6, 6.07) is 25.0. The molecule has 1 spiro atoms. The number of carbonyl (C=O) groups is 1. The molecule has 4 aromatic carbocycles. The molecule has 0 fully saturated rings. The van der Waals surface area contributed by atoms with E-state index in [9.17, 15) is 4.79 Å². The molecule has 0 amide bonds. The van der Waals surface area contributed by atoms with Gasteiger partial charge in [-0.2, -0.15) is 0 Å². The first-order valence-corrected chi connectivity index (χ1v) is 11.9. The Morgan fingerprint density at radius 3 is 2.46 bits per heavy atom. The van der Waals surface area contributed by atoms with Crippen LogP contribution in [0.1, 0.15) is 39.5 Å². The fourth-order valence-corrected chi connectivity index (χ4v) is 5.18. The molecule has 2 aliphatic rings. The Morgan fingerprint density at radius 2 is 1.63 bits per heavy atom. The van der Waals surface area contributed by atoms with Crippen LogP contribution in [0.4, 0.5) is 17.1 Å². The Labute approximate surface area is 208 Å². The number of rotatable bonds is 4. The molecule has 1 atom stereocenters. The van der Waals surface area contributed by atoms with Crippen LogP contribution in [0.5, 0.6) is 11.5 Å². The molecule has 0 saturated carbocycles. The summed E-state index contributed by atoms with van der Waals surface area (Å²) in [5.41, 5.74) is 5.44. The van der Waals surface area contributed by atoms with E-state index in [1.54, 1.807) is 0 Å². The summed E-state index contributed by atoms with van der Waals surface area (Å²) in [6.07, 6.45) is 0. The maximum Gasteiger partial charge on any atom is 0.340 e. The molecular weight excluding hydrogens is 460 g/mol. The molecule has 35 heavy (non-hydrogen) atoms. The lowest BCUT2D eigenvalue weighted by atomic mass is 9.77. The van der Waals surface area contributed by atoms with E-state index >= 15 is 0 Å².